The minimum absolute atomic E-state index is 0.0982. The second kappa shape index (κ2) is 7.85. The van der Waals surface area contributed by atoms with Crippen molar-refractivity contribution in [1.29, 1.82) is 0 Å². The SMILES string of the molecule is CC(=O)Nc1ccc(C)c(S(=O)(=O)N(C)C(C(N)=O)c2cccc(F)c2)c1. The van der Waals surface area contributed by atoms with Crippen molar-refractivity contribution < 1.29 is 22.4 Å². The van der Waals surface area contributed by atoms with Gasteiger partial charge in [-0.05, 0) is 42.3 Å². The Bertz CT molecular complexity index is 992. The number of nitrogens with zero attached hydrogens (tertiary/aromatic N) is 1. The molecule has 0 saturated carbocycles. The first-order chi connectivity index (χ1) is 12.5. The molecule has 1 atom stereocenters. The Hall–Kier alpha value is -2.78. The lowest BCUT2D eigenvalue weighted by atomic mass is 10.1. The molecule has 27 heavy (non-hydrogen) atoms. The van der Waals surface area contributed by atoms with Crippen LogP contribution < -0.4 is 11.1 Å². The molecule has 0 aliphatic carbocycles. The monoisotopic (exact) mass is 393 g/mol. The Morgan fingerprint density at radius 1 is 1.19 bits per heavy atom. The highest BCUT2D eigenvalue weighted by molar-refractivity contribution is 7.89. The van der Waals surface area contributed by atoms with Crippen molar-refractivity contribution in [2.75, 3.05) is 12.4 Å². The maximum atomic E-state index is 13.6. The van der Waals surface area contributed by atoms with Crippen LogP contribution in [0.5, 0.6) is 0 Å². The van der Waals surface area contributed by atoms with E-state index in [0.717, 1.165) is 10.4 Å². The van der Waals surface area contributed by atoms with Gasteiger partial charge < -0.3 is 11.1 Å². The third-order valence-corrected chi connectivity index (χ3v) is 5.93. The minimum Gasteiger partial charge on any atom is -0.368 e. The summed E-state index contributed by atoms with van der Waals surface area (Å²) in [4.78, 5) is 23.1. The molecule has 0 aromatic heterocycles. The largest absolute Gasteiger partial charge is 0.368 e. The molecular formula is C18H20FN3O4S. The number of sulfonamides is 1. The van der Waals surface area contributed by atoms with Crippen LogP contribution in [-0.2, 0) is 19.6 Å². The number of halogens is 1. The molecule has 9 heteroatoms. The number of likely N-dealkylation sites (N-methyl/N-ethyl adjacent to an activating group) is 1. The molecule has 0 bridgehead atoms. The predicted octanol–water partition coefficient (Wildman–Crippen LogP) is 1.94. The lowest BCUT2D eigenvalue weighted by Crippen LogP contribution is -2.39. The molecule has 0 aliphatic heterocycles. The molecule has 0 radical (unpaired) electrons. The van der Waals surface area contributed by atoms with Gasteiger partial charge in [0, 0.05) is 19.7 Å². The summed E-state index contributed by atoms with van der Waals surface area (Å²) in [5, 5.41) is 2.51. The van der Waals surface area contributed by atoms with Crippen LogP contribution in [0.25, 0.3) is 0 Å². The van der Waals surface area contributed by atoms with E-state index in [1.165, 1.54) is 44.3 Å². The fraction of sp³-hybridized carbons (Fsp3) is 0.222. The smallest absolute Gasteiger partial charge is 0.244 e. The molecule has 0 aliphatic rings. The van der Waals surface area contributed by atoms with Gasteiger partial charge in [-0.25, -0.2) is 12.8 Å². The van der Waals surface area contributed by atoms with Crippen molar-refractivity contribution in [2.24, 2.45) is 5.73 Å². The number of hydrogen-bond acceptors (Lipinski definition) is 4. The molecule has 7 nitrogen and oxygen atoms in total. The van der Waals surface area contributed by atoms with Crippen LogP contribution >= 0.6 is 0 Å². The quantitative estimate of drug-likeness (QED) is 0.781. The average Bonchev–Trinajstić information content (AvgIpc) is 2.56. The zero-order valence-corrected chi connectivity index (χ0v) is 15.9. The number of nitrogens with two attached hydrogens (primary N) is 1. The van der Waals surface area contributed by atoms with E-state index in [1.54, 1.807) is 13.0 Å². The van der Waals surface area contributed by atoms with Crippen LogP contribution in [0.15, 0.2) is 47.4 Å². The maximum absolute atomic E-state index is 13.6. The number of hydrogen-bond donors (Lipinski definition) is 2. The van der Waals surface area contributed by atoms with E-state index in [0.29, 0.717) is 11.3 Å². The summed E-state index contributed by atoms with van der Waals surface area (Å²) < 4.78 is 40.6. The number of aryl methyl sites for hydroxylation is 1. The number of carbonyl (C=O) groups excluding carboxylic acids is 2. The summed E-state index contributed by atoms with van der Waals surface area (Å²) >= 11 is 0. The van der Waals surface area contributed by atoms with E-state index in [9.17, 15) is 22.4 Å². The number of amides is 2. The summed E-state index contributed by atoms with van der Waals surface area (Å²) in [7, 11) is -2.98. The zero-order chi connectivity index (χ0) is 20.4. The highest BCUT2D eigenvalue weighted by atomic mass is 32.2. The van der Waals surface area contributed by atoms with E-state index in [2.05, 4.69) is 5.32 Å². The molecule has 2 rings (SSSR count). The lowest BCUT2D eigenvalue weighted by molar-refractivity contribution is -0.121. The van der Waals surface area contributed by atoms with Gasteiger partial charge in [-0.2, -0.15) is 4.31 Å². The Morgan fingerprint density at radius 2 is 1.85 bits per heavy atom. The number of carbonyl (C=O) groups is 2. The number of primary amides is 1. The van der Waals surface area contributed by atoms with Gasteiger partial charge in [-0.3, -0.25) is 9.59 Å². The molecule has 0 saturated heterocycles. The summed E-state index contributed by atoms with van der Waals surface area (Å²) in [6, 6.07) is 8.02. The highest BCUT2D eigenvalue weighted by Crippen LogP contribution is 2.29. The van der Waals surface area contributed by atoms with E-state index in [4.69, 9.17) is 5.73 Å². The summed E-state index contributed by atoms with van der Waals surface area (Å²) in [6.45, 7) is 2.88. The molecule has 0 heterocycles. The van der Waals surface area contributed by atoms with Crippen LogP contribution in [0, 0.1) is 12.7 Å². The van der Waals surface area contributed by atoms with Gasteiger partial charge in [0.25, 0.3) is 0 Å². The topological polar surface area (TPSA) is 110 Å². The molecule has 3 N–H and O–H groups in total. The standard InChI is InChI=1S/C18H20FN3O4S/c1-11-7-8-15(21-12(2)23)10-16(11)27(25,26)22(3)17(18(20)24)13-5-4-6-14(19)9-13/h4-10,17H,1-3H3,(H2,20,24)(H,21,23). The normalized spacial score (nSPS) is 12.6. The van der Waals surface area contributed by atoms with Crippen molar-refractivity contribution in [3.8, 4) is 0 Å². The fourth-order valence-corrected chi connectivity index (χ4v) is 4.25. The van der Waals surface area contributed by atoms with E-state index < -0.39 is 27.8 Å². The third kappa shape index (κ3) is 4.50. The van der Waals surface area contributed by atoms with Crippen molar-refractivity contribution in [3.63, 3.8) is 0 Å². The van der Waals surface area contributed by atoms with Crippen molar-refractivity contribution in [1.82, 2.24) is 4.31 Å². The Labute approximate surface area is 157 Å². The second-order valence-corrected chi connectivity index (χ2v) is 8.01. The summed E-state index contributed by atoms with van der Waals surface area (Å²) in [5.41, 5.74) is 6.23. The van der Waals surface area contributed by atoms with Gasteiger partial charge in [-0.15, -0.1) is 0 Å². The molecule has 2 aromatic rings. The number of anilines is 1. The molecule has 2 amide bonds. The van der Waals surface area contributed by atoms with Gasteiger partial charge in [0.2, 0.25) is 21.8 Å². The Kier molecular flexibility index (Phi) is 5.97. The lowest BCUT2D eigenvalue weighted by Gasteiger charge is -2.26. The van der Waals surface area contributed by atoms with Crippen LogP contribution in [0.3, 0.4) is 0 Å². The Morgan fingerprint density at radius 3 is 2.41 bits per heavy atom. The van der Waals surface area contributed by atoms with E-state index in [1.807, 2.05) is 0 Å². The molecule has 0 fully saturated rings. The molecular weight excluding hydrogens is 373 g/mol. The summed E-state index contributed by atoms with van der Waals surface area (Å²) in [6.07, 6.45) is 0. The van der Waals surface area contributed by atoms with Crippen molar-refractivity contribution >= 4 is 27.5 Å². The predicted molar refractivity (Wildman–Crippen MR) is 98.8 cm³/mol. The van der Waals surface area contributed by atoms with Crippen molar-refractivity contribution in [3.05, 3.63) is 59.4 Å². The number of rotatable bonds is 6. The van der Waals surface area contributed by atoms with E-state index >= 15 is 0 Å². The first-order valence-corrected chi connectivity index (χ1v) is 9.39. The van der Waals surface area contributed by atoms with E-state index in [-0.39, 0.29) is 16.4 Å². The average molecular weight is 393 g/mol. The van der Waals surface area contributed by atoms with Gasteiger partial charge in [0.15, 0.2) is 0 Å². The fourth-order valence-electron chi connectivity index (χ4n) is 2.68. The molecule has 144 valence electrons. The maximum Gasteiger partial charge on any atom is 0.244 e. The van der Waals surface area contributed by atoms with Gasteiger partial charge in [0.05, 0.1) is 4.90 Å². The van der Waals surface area contributed by atoms with Crippen LogP contribution in [0.1, 0.15) is 24.1 Å². The van der Waals surface area contributed by atoms with Crippen LogP contribution in [0.2, 0.25) is 0 Å². The van der Waals surface area contributed by atoms with Gasteiger partial charge >= 0.3 is 0 Å². The van der Waals surface area contributed by atoms with Crippen LogP contribution in [-0.4, -0.2) is 31.6 Å². The third-order valence-electron chi connectivity index (χ3n) is 3.96. The van der Waals surface area contributed by atoms with Crippen LogP contribution in [0.4, 0.5) is 10.1 Å². The van der Waals surface area contributed by atoms with Gasteiger partial charge in [0.1, 0.15) is 11.9 Å². The minimum atomic E-state index is -4.17. The van der Waals surface area contributed by atoms with Crippen molar-refractivity contribution in [2.45, 2.75) is 24.8 Å². The number of benzene rings is 2. The summed E-state index contributed by atoms with van der Waals surface area (Å²) in [5.74, 6) is -1.92. The highest BCUT2D eigenvalue weighted by Gasteiger charge is 2.34. The Balaban J connectivity index is 2.53. The first kappa shape index (κ1) is 20.5. The zero-order valence-electron chi connectivity index (χ0n) is 15.1. The molecule has 0 spiro atoms. The molecule has 2 aromatic carbocycles. The van der Waals surface area contributed by atoms with Gasteiger partial charge in [-0.1, -0.05) is 18.2 Å². The first-order valence-electron chi connectivity index (χ1n) is 7.95. The number of nitrogens with one attached hydrogen (secondary N) is 1. The molecule has 1 unspecified atom stereocenters. The second-order valence-electron chi connectivity index (χ2n) is 6.04.